The van der Waals surface area contributed by atoms with E-state index in [1.165, 1.54) is 6.92 Å². The summed E-state index contributed by atoms with van der Waals surface area (Å²) in [5.41, 5.74) is 2.57. The zero-order chi connectivity index (χ0) is 12.0. The monoisotopic (exact) mass is 216 g/mol. The van der Waals surface area contributed by atoms with Crippen molar-refractivity contribution >= 4 is 23.5 Å². The molecular weight excluding hydrogens is 200 g/mol. The van der Waals surface area contributed by atoms with Gasteiger partial charge in [0.05, 0.1) is 11.4 Å². The lowest BCUT2D eigenvalue weighted by atomic mass is 10.1. The molecule has 16 heavy (non-hydrogen) atoms. The van der Waals surface area contributed by atoms with Crippen LogP contribution in [0.4, 0.5) is 5.69 Å². The number of para-hydroxylation sites is 1. The summed E-state index contributed by atoms with van der Waals surface area (Å²) in [5.74, 6) is -0.0802. The maximum Gasteiger partial charge on any atom is 0.221 e. The maximum atomic E-state index is 11.1. The molecule has 0 radical (unpaired) electrons. The van der Waals surface area contributed by atoms with Crippen LogP contribution in [0.2, 0.25) is 0 Å². The lowest BCUT2D eigenvalue weighted by Gasteiger charge is -2.09. The molecule has 0 aliphatic carbocycles. The molecule has 0 aromatic heterocycles. The Kier molecular flexibility index (Phi) is 4.45. The molecule has 1 aromatic rings. The topological polar surface area (TPSA) is 41.5 Å². The Balaban J connectivity index is 3.16. The largest absolute Gasteiger partial charge is 0.326 e. The highest BCUT2D eigenvalue weighted by molar-refractivity contribution is 5.93. The number of anilines is 1. The minimum atomic E-state index is -0.0802. The van der Waals surface area contributed by atoms with Gasteiger partial charge in [-0.1, -0.05) is 24.3 Å². The Morgan fingerprint density at radius 3 is 2.56 bits per heavy atom. The number of rotatable bonds is 3. The van der Waals surface area contributed by atoms with Gasteiger partial charge in [0.1, 0.15) is 0 Å². The molecule has 0 atom stereocenters. The van der Waals surface area contributed by atoms with Crippen molar-refractivity contribution in [1.82, 2.24) is 0 Å². The number of amides is 1. The van der Waals surface area contributed by atoms with Gasteiger partial charge >= 0.3 is 0 Å². The number of hydrogen-bond donors (Lipinski definition) is 1. The van der Waals surface area contributed by atoms with Gasteiger partial charge in [-0.3, -0.25) is 9.79 Å². The molecular formula is C13H16N2O. The van der Waals surface area contributed by atoms with E-state index in [9.17, 15) is 4.79 Å². The first-order valence-electron chi connectivity index (χ1n) is 5.21. The highest BCUT2D eigenvalue weighted by atomic mass is 16.1. The van der Waals surface area contributed by atoms with Crippen LogP contribution in [0.3, 0.4) is 0 Å². The number of carbonyl (C=O) groups excluding carboxylic acids is 1. The molecule has 0 aliphatic heterocycles. The minimum Gasteiger partial charge on any atom is -0.326 e. The molecule has 0 unspecified atom stereocenters. The molecule has 84 valence electrons. The summed E-state index contributed by atoms with van der Waals surface area (Å²) in [6.45, 7) is 5.28. The molecule has 0 fully saturated rings. The smallest absolute Gasteiger partial charge is 0.221 e. The van der Waals surface area contributed by atoms with Crippen LogP contribution in [-0.4, -0.2) is 12.1 Å². The molecule has 0 aliphatic rings. The Morgan fingerprint density at radius 1 is 1.31 bits per heavy atom. The number of carbonyl (C=O) groups is 1. The normalized spacial score (nSPS) is 11.8. The molecule has 0 saturated heterocycles. The Bertz CT molecular complexity index is 433. The average molecular weight is 216 g/mol. The van der Waals surface area contributed by atoms with Crippen molar-refractivity contribution in [2.24, 2.45) is 4.99 Å². The predicted octanol–water partition coefficient (Wildman–Crippen LogP) is 3.10. The van der Waals surface area contributed by atoms with Gasteiger partial charge in [0, 0.05) is 18.7 Å². The second-order valence-electron chi connectivity index (χ2n) is 3.29. The van der Waals surface area contributed by atoms with Crippen LogP contribution in [0.15, 0.2) is 35.3 Å². The molecule has 1 aromatic carbocycles. The van der Waals surface area contributed by atoms with Crippen LogP contribution in [0, 0.1) is 0 Å². The average Bonchev–Trinajstić information content (AvgIpc) is 2.26. The molecule has 0 saturated carbocycles. The number of allylic oxidation sites excluding steroid dienone is 1. The first-order chi connectivity index (χ1) is 7.69. The van der Waals surface area contributed by atoms with Crippen molar-refractivity contribution in [2.75, 3.05) is 5.32 Å². The van der Waals surface area contributed by atoms with Gasteiger partial charge in [-0.15, -0.1) is 0 Å². The molecule has 1 amide bonds. The summed E-state index contributed by atoms with van der Waals surface area (Å²) >= 11 is 0. The Hall–Kier alpha value is -1.90. The second-order valence-corrected chi connectivity index (χ2v) is 3.29. The second kappa shape index (κ2) is 5.85. The Labute approximate surface area is 95.9 Å². The number of hydrogen-bond acceptors (Lipinski definition) is 2. The number of nitrogens with one attached hydrogen (secondary N) is 1. The maximum absolute atomic E-state index is 11.1. The lowest BCUT2D eigenvalue weighted by Crippen LogP contribution is -2.07. The first-order valence-corrected chi connectivity index (χ1v) is 5.21. The predicted molar refractivity (Wildman–Crippen MR) is 68.6 cm³/mol. The van der Waals surface area contributed by atoms with Crippen LogP contribution in [-0.2, 0) is 4.79 Å². The van der Waals surface area contributed by atoms with Crippen molar-refractivity contribution in [3.8, 4) is 0 Å². The van der Waals surface area contributed by atoms with Gasteiger partial charge in [0.25, 0.3) is 0 Å². The van der Waals surface area contributed by atoms with Gasteiger partial charge in [0.2, 0.25) is 5.91 Å². The van der Waals surface area contributed by atoms with Gasteiger partial charge in [-0.2, -0.15) is 0 Å². The van der Waals surface area contributed by atoms with Gasteiger partial charge in [0.15, 0.2) is 0 Å². The molecule has 0 heterocycles. The summed E-state index contributed by atoms with van der Waals surface area (Å²) in [4.78, 5) is 15.3. The molecule has 1 N–H and O–H groups in total. The van der Waals surface area contributed by atoms with E-state index >= 15 is 0 Å². The molecule has 1 rings (SSSR count). The highest BCUT2D eigenvalue weighted by Crippen LogP contribution is 2.24. The van der Waals surface area contributed by atoms with Crippen LogP contribution in [0.25, 0.3) is 5.70 Å². The van der Waals surface area contributed by atoms with Crippen LogP contribution in [0.1, 0.15) is 26.3 Å². The summed E-state index contributed by atoms with van der Waals surface area (Å²) in [6, 6.07) is 7.62. The minimum absolute atomic E-state index is 0.0802. The van der Waals surface area contributed by atoms with Crippen LogP contribution in [0.5, 0.6) is 0 Å². The summed E-state index contributed by atoms with van der Waals surface area (Å²) in [7, 11) is 0. The van der Waals surface area contributed by atoms with E-state index in [1.54, 1.807) is 6.21 Å². The highest BCUT2D eigenvalue weighted by Gasteiger charge is 2.05. The van der Waals surface area contributed by atoms with Crippen molar-refractivity contribution < 1.29 is 4.79 Å². The molecule has 3 nitrogen and oxygen atoms in total. The van der Waals surface area contributed by atoms with Crippen molar-refractivity contribution in [3.05, 3.63) is 35.9 Å². The number of aliphatic imine (C=N–C) groups is 1. The van der Waals surface area contributed by atoms with E-state index in [1.807, 2.05) is 44.2 Å². The first kappa shape index (κ1) is 12.2. The number of benzene rings is 1. The van der Waals surface area contributed by atoms with Gasteiger partial charge < -0.3 is 5.32 Å². The lowest BCUT2D eigenvalue weighted by molar-refractivity contribution is -0.114. The van der Waals surface area contributed by atoms with E-state index in [0.717, 1.165) is 16.9 Å². The fourth-order valence-electron chi connectivity index (χ4n) is 1.44. The Morgan fingerprint density at radius 2 is 2.00 bits per heavy atom. The third-order valence-corrected chi connectivity index (χ3v) is 2.06. The fourth-order valence-corrected chi connectivity index (χ4v) is 1.44. The third-order valence-electron chi connectivity index (χ3n) is 2.06. The van der Waals surface area contributed by atoms with Crippen molar-refractivity contribution in [1.29, 1.82) is 0 Å². The van der Waals surface area contributed by atoms with E-state index < -0.39 is 0 Å². The van der Waals surface area contributed by atoms with E-state index in [-0.39, 0.29) is 5.91 Å². The molecule has 0 bridgehead atoms. The SMILES string of the molecule is CC=NC(=CC)c1ccccc1NC(C)=O. The standard InChI is InChI=1S/C13H16N2O/c1-4-12(14-5-2)11-8-6-7-9-13(11)15-10(3)16/h4-9H,1-3H3,(H,15,16). The summed E-state index contributed by atoms with van der Waals surface area (Å²) < 4.78 is 0. The van der Waals surface area contributed by atoms with Gasteiger partial charge in [-0.25, -0.2) is 0 Å². The van der Waals surface area contributed by atoms with Crippen molar-refractivity contribution in [2.45, 2.75) is 20.8 Å². The molecule has 0 spiro atoms. The fraction of sp³-hybridized carbons (Fsp3) is 0.231. The zero-order valence-electron chi connectivity index (χ0n) is 9.82. The summed E-state index contributed by atoms with van der Waals surface area (Å²) in [6.07, 6.45) is 3.65. The van der Waals surface area contributed by atoms with E-state index in [2.05, 4.69) is 10.3 Å². The quantitative estimate of drug-likeness (QED) is 0.775. The zero-order valence-corrected chi connectivity index (χ0v) is 9.82. The van der Waals surface area contributed by atoms with Gasteiger partial charge in [-0.05, 0) is 19.9 Å². The molecule has 3 heteroatoms. The van der Waals surface area contributed by atoms with E-state index in [0.29, 0.717) is 0 Å². The third kappa shape index (κ3) is 3.05. The van der Waals surface area contributed by atoms with Crippen molar-refractivity contribution in [3.63, 3.8) is 0 Å². The van der Waals surface area contributed by atoms with Crippen LogP contribution >= 0.6 is 0 Å². The summed E-state index contributed by atoms with van der Waals surface area (Å²) in [5, 5.41) is 2.79. The van der Waals surface area contributed by atoms with Crippen LogP contribution < -0.4 is 5.32 Å². The van der Waals surface area contributed by atoms with E-state index in [4.69, 9.17) is 0 Å². The number of nitrogens with zero attached hydrogens (tertiary/aromatic N) is 1.